The quantitative estimate of drug-likeness (QED) is 0.577. The topological polar surface area (TPSA) is 88.8 Å². The fourth-order valence-corrected chi connectivity index (χ4v) is 1.51. The fourth-order valence-electron chi connectivity index (χ4n) is 1.18. The standard InChI is InChI=1S/C11H15Cl2N5.ClH/c1-6(2)16-10(14)18-11(15)17-9-5-7(12)3-4-8(9)13;/h3-6H,1-2H3,(H5,14,15,16,17,18);1H. The Hall–Kier alpha value is -1.17. The zero-order chi connectivity index (χ0) is 13.7. The van der Waals surface area contributed by atoms with Gasteiger partial charge in [0.15, 0.2) is 0 Å². The highest BCUT2D eigenvalue weighted by Crippen LogP contribution is 2.24. The maximum absolute atomic E-state index is 5.97. The van der Waals surface area contributed by atoms with Crippen LogP contribution < -0.4 is 16.8 Å². The van der Waals surface area contributed by atoms with Gasteiger partial charge >= 0.3 is 0 Å². The molecule has 0 radical (unpaired) electrons. The van der Waals surface area contributed by atoms with E-state index in [1.54, 1.807) is 18.2 Å². The third-order valence-corrected chi connectivity index (χ3v) is 2.38. The molecule has 0 aromatic heterocycles. The monoisotopic (exact) mass is 323 g/mol. The van der Waals surface area contributed by atoms with Gasteiger partial charge in [-0.15, -0.1) is 12.4 Å². The normalized spacial score (nSPS) is 12.3. The second kappa shape index (κ2) is 8.09. The zero-order valence-corrected chi connectivity index (χ0v) is 12.9. The lowest BCUT2D eigenvalue weighted by Crippen LogP contribution is -2.26. The van der Waals surface area contributed by atoms with Crippen molar-refractivity contribution in [3.63, 3.8) is 0 Å². The summed E-state index contributed by atoms with van der Waals surface area (Å²) >= 11 is 11.8. The Kier molecular flexibility index (Phi) is 7.59. The first kappa shape index (κ1) is 17.8. The molecule has 0 amide bonds. The molecule has 5 N–H and O–H groups in total. The van der Waals surface area contributed by atoms with E-state index in [0.29, 0.717) is 15.7 Å². The third kappa shape index (κ3) is 6.52. The van der Waals surface area contributed by atoms with E-state index < -0.39 is 0 Å². The molecule has 0 spiro atoms. The van der Waals surface area contributed by atoms with Crippen LogP contribution in [0.1, 0.15) is 13.8 Å². The van der Waals surface area contributed by atoms with Gasteiger partial charge in [-0.2, -0.15) is 4.99 Å². The van der Waals surface area contributed by atoms with E-state index in [1.165, 1.54) is 0 Å². The molecule has 0 saturated heterocycles. The van der Waals surface area contributed by atoms with E-state index in [0.717, 1.165) is 0 Å². The number of benzene rings is 1. The molecule has 0 fully saturated rings. The Labute approximate surface area is 128 Å². The van der Waals surface area contributed by atoms with Crippen molar-refractivity contribution in [2.75, 3.05) is 5.32 Å². The van der Waals surface area contributed by atoms with E-state index in [1.807, 2.05) is 13.8 Å². The first-order valence-corrected chi connectivity index (χ1v) is 6.03. The van der Waals surface area contributed by atoms with Crippen molar-refractivity contribution in [1.82, 2.24) is 0 Å². The van der Waals surface area contributed by atoms with Gasteiger partial charge < -0.3 is 16.8 Å². The molecule has 0 atom stereocenters. The van der Waals surface area contributed by atoms with Gasteiger partial charge in [-0.3, -0.25) is 0 Å². The highest BCUT2D eigenvalue weighted by molar-refractivity contribution is 6.35. The van der Waals surface area contributed by atoms with E-state index in [-0.39, 0.29) is 30.4 Å². The smallest absolute Gasteiger partial charge is 0.218 e. The van der Waals surface area contributed by atoms with Crippen LogP contribution in [0.2, 0.25) is 10.0 Å². The molecule has 0 bridgehead atoms. The number of halogens is 3. The lowest BCUT2D eigenvalue weighted by Gasteiger charge is -2.08. The molecule has 19 heavy (non-hydrogen) atoms. The molecular formula is C11H16Cl3N5. The number of guanidine groups is 2. The van der Waals surface area contributed by atoms with Crippen molar-refractivity contribution >= 4 is 53.2 Å². The molecule has 1 rings (SSSR count). The Balaban J connectivity index is 0.00000324. The third-order valence-electron chi connectivity index (χ3n) is 1.82. The van der Waals surface area contributed by atoms with Crippen LogP contribution in [0.4, 0.5) is 5.69 Å². The number of hydrogen-bond acceptors (Lipinski definition) is 1. The lowest BCUT2D eigenvalue weighted by atomic mass is 10.3. The molecule has 106 valence electrons. The minimum absolute atomic E-state index is 0. The van der Waals surface area contributed by atoms with Crippen LogP contribution in [-0.4, -0.2) is 18.0 Å². The summed E-state index contributed by atoms with van der Waals surface area (Å²) in [6.07, 6.45) is 0. The van der Waals surface area contributed by atoms with Gasteiger partial charge in [0.1, 0.15) is 0 Å². The molecule has 1 aromatic rings. The first-order chi connectivity index (χ1) is 8.38. The first-order valence-electron chi connectivity index (χ1n) is 5.28. The van der Waals surface area contributed by atoms with Crippen LogP contribution in [-0.2, 0) is 0 Å². The molecule has 0 saturated carbocycles. The average molecular weight is 325 g/mol. The Morgan fingerprint density at radius 3 is 2.47 bits per heavy atom. The SMILES string of the molecule is CC(C)N=C(N)N=C(N)Nc1cc(Cl)ccc1Cl.Cl. The second-order valence-electron chi connectivity index (χ2n) is 3.83. The van der Waals surface area contributed by atoms with Crippen LogP contribution in [0.5, 0.6) is 0 Å². The van der Waals surface area contributed by atoms with Gasteiger partial charge in [0.25, 0.3) is 0 Å². The van der Waals surface area contributed by atoms with Crippen molar-refractivity contribution in [1.29, 1.82) is 0 Å². The average Bonchev–Trinajstić information content (AvgIpc) is 2.21. The van der Waals surface area contributed by atoms with Gasteiger partial charge in [0.05, 0.1) is 10.7 Å². The van der Waals surface area contributed by atoms with Crippen LogP contribution in [0, 0.1) is 0 Å². The summed E-state index contributed by atoms with van der Waals surface area (Å²) in [5.41, 5.74) is 11.8. The number of aliphatic imine (C=N–C) groups is 2. The fraction of sp³-hybridized carbons (Fsp3) is 0.273. The number of nitrogens with one attached hydrogen (secondary N) is 1. The Morgan fingerprint density at radius 1 is 1.26 bits per heavy atom. The van der Waals surface area contributed by atoms with Crippen LogP contribution in [0.25, 0.3) is 0 Å². The van der Waals surface area contributed by atoms with Crippen LogP contribution in [0.15, 0.2) is 28.2 Å². The maximum atomic E-state index is 5.97. The summed E-state index contributed by atoms with van der Waals surface area (Å²) in [6.45, 7) is 3.78. The molecule has 8 heteroatoms. The number of anilines is 1. The summed E-state index contributed by atoms with van der Waals surface area (Å²) in [5, 5.41) is 3.83. The molecule has 0 aliphatic carbocycles. The van der Waals surface area contributed by atoms with E-state index >= 15 is 0 Å². The van der Waals surface area contributed by atoms with Crippen molar-refractivity contribution in [2.45, 2.75) is 19.9 Å². The summed E-state index contributed by atoms with van der Waals surface area (Å²) in [7, 11) is 0. The van der Waals surface area contributed by atoms with Gasteiger partial charge in [-0.1, -0.05) is 23.2 Å². The van der Waals surface area contributed by atoms with Crippen LogP contribution >= 0.6 is 35.6 Å². The second-order valence-corrected chi connectivity index (χ2v) is 4.67. The number of rotatable bonds is 2. The lowest BCUT2D eigenvalue weighted by molar-refractivity contribution is 0.831. The zero-order valence-electron chi connectivity index (χ0n) is 10.5. The Bertz CT molecular complexity index is 485. The molecule has 0 aliphatic rings. The molecule has 0 heterocycles. The molecule has 1 aromatic carbocycles. The molecular weight excluding hydrogens is 309 g/mol. The van der Waals surface area contributed by atoms with Gasteiger partial charge in [0, 0.05) is 11.1 Å². The predicted octanol–water partition coefficient (Wildman–Crippen LogP) is 2.86. The van der Waals surface area contributed by atoms with Gasteiger partial charge in [0.2, 0.25) is 11.9 Å². The van der Waals surface area contributed by atoms with Crippen molar-refractivity contribution in [2.24, 2.45) is 21.5 Å². The van der Waals surface area contributed by atoms with Crippen molar-refractivity contribution in [3.05, 3.63) is 28.2 Å². The maximum Gasteiger partial charge on any atom is 0.218 e. The summed E-state index contributed by atoms with van der Waals surface area (Å²) in [4.78, 5) is 7.92. The molecule has 0 unspecified atom stereocenters. The number of nitrogens with two attached hydrogens (primary N) is 2. The summed E-state index contributed by atoms with van der Waals surface area (Å²) in [6, 6.07) is 5.03. The van der Waals surface area contributed by atoms with E-state index in [4.69, 9.17) is 34.7 Å². The minimum atomic E-state index is 0. The number of nitrogens with zero attached hydrogens (tertiary/aromatic N) is 2. The Morgan fingerprint density at radius 2 is 1.89 bits per heavy atom. The molecule has 0 aliphatic heterocycles. The van der Waals surface area contributed by atoms with E-state index in [2.05, 4.69) is 15.3 Å². The summed E-state index contributed by atoms with van der Waals surface area (Å²) < 4.78 is 0. The minimum Gasteiger partial charge on any atom is -0.369 e. The highest BCUT2D eigenvalue weighted by atomic mass is 35.5. The van der Waals surface area contributed by atoms with Crippen LogP contribution in [0.3, 0.4) is 0 Å². The van der Waals surface area contributed by atoms with Gasteiger partial charge in [-0.25, -0.2) is 4.99 Å². The predicted molar refractivity (Wildman–Crippen MR) is 85.7 cm³/mol. The van der Waals surface area contributed by atoms with Crippen molar-refractivity contribution < 1.29 is 0 Å². The van der Waals surface area contributed by atoms with Crippen molar-refractivity contribution in [3.8, 4) is 0 Å². The number of hydrogen-bond donors (Lipinski definition) is 3. The molecule has 5 nitrogen and oxygen atoms in total. The summed E-state index contributed by atoms with van der Waals surface area (Å²) in [5.74, 6) is 0.203. The largest absolute Gasteiger partial charge is 0.369 e. The van der Waals surface area contributed by atoms with Gasteiger partial charge in [-0.05, 0) is 32.0 Å². The highest BCUT2D eigenvalue weighted by Gasteiger charge is 2.03. The van der Waals surface area contributed by atoms with E-state index in [9.17, 15) is 0 Å².